The molecule has 0 saturated carbocycles. The number of hydrogen-bond acceptors (Lipinski definition) is 8. The van der Waals surface area contributed by atoms with Gasteiger partial charge in [-0.05, 0) is 67.7 Å². The first-order valence-corrected chi connectivity index (χ1v) is 10.2. The first-order valence-electron chi connectivity index (χ1n) is 9.36. The standard InChI is InChI=1S/C20H25NO6S/c1-21(14-20(24)26-18(22)19(23)27-20)9-3-2-4-10-25-11-7-15-5-6-17-16(13-15)8-12-28-17/h5-6,8,12-13,24H,2-4,7,9-11,14H2,1H3. The van der Waals surface area contributed by atoms with Crippen LogP contribution in [0.2, 0.25) is 0 Å². The molecule has 152 valence electrons. The number of benzene rings is 1. The molecule has 0 unspecified atom stereocenters. The molecule has 0 atom stereocenters. The zero-order valence-electron chi connectivity index (χ0n) is 15.9. The molecule has 0 amide bonds. The highest BCUT2D eigenvalue weighted by atomic mass is 32.1. The van der Waals surface area contributed by atoms with Crippen molar-refractivity contribution in [2.75, 3.05) is 33.4 Å². The Morgan fingerprint density at radius 1 is 1.11 bits per heavy atom. The fourth-order valence-electron chi connectivity index (χ4n) is 3.10. The number of thiophene rings is 1. The molecule has 0 spiro atoms. The summed E-state index contributed by atoms with van der Waals surface area (Å²) in [5, 5.41) is 13.3. The molecular weight excluding hydrogens is 382 g/mol. The van der Waals surface area contributed by atoms with Crippen LogP contribution in [0.5, 0.6) is 0 Å². The van der Waals surface area contributed by atoms with Gasteiger partial charge < -0.3 is 19.3 Å². The van der Waals surface area contributed by atoms with Crippen LogP contribution in [0.3, 0.4) is 0 Å². The van der Waals surface area contributed by atoms with E-state index in [1.807, 2.05) is 0 Å². The monoisotopic (exact) mass is 407 g/mol. The normalized spacial score (nSPS) is 16.0. The van der Waals surface area contributed by atoms with Crippen LogP contribution in [-0.2, 0) is 30.2 Å². The van der Waals surface area contributed by atoms with Gasteiger partial charge >= 0.3 is 17.9 Å². The second-order valence-corrected chi connectivity index (χ2v) is 7.89. The predicted octanol–water partition coefficient (Wildman–Crippen LogP) is 2.31. The highest BCUT2D eigenvalue weighted by Crippen LogP contribution is 2.22. The summed E-state index contributed by atoms with van der Waals surface area (Å²) in [7, 11) is 1.76. The summed E-state index contributed by atoms with van der Waals surface area (Å²) < 4.78 is 16.1. The molecular formula is C20H25NO6S. The SMILES string of the molecule is CN(CCCCCOCCc1ccc2sccc2c1)CC1(O)OC(=O)C(=O)O1. The zero-order chi connectivity index (χ0) is 20.0. The molecule has 2 aromatic rings. The molecule has 3 rings (SSSR count). The van der Waals surface area contributed by atoms with Gasteiger partial charge in [0.15, 0.2) is 0 Å². The van der Waals surface area contributed by atoms with Crippen LogP contribution in [0.4, 0.5) is 0 Å². The van der Waals surface area contributed by atoms with Crippen molar-refractivity contribution in [2.24, 2.45) is 0 Å². The van der Waals surface area contributed by atoms with Crippen molar-refractivity contribution < 1.29 is 28.9 Å². The predicted molar refractivity (Wildman–Crippen MR) is 105 cm³/mol. The van der Waals surface area contributed by atoms with Crippen molar-refractivity contribution in [3.05, 3.63) is 35.2 Å². The van der Waals surface area contributed by atoms with Crippen molar-refractivity contribution in [1.29, 1.82) is 0 Å². The van der Waals surface area contributed by atoms with E-state index in [9.17, 15) is 14.7 Å². The molecule has 1 aliphatic rings. The first-order chi connectivity index (χ1) is 13.5. The lowest BCUT2D eigenvalue weighted by atomic mass is 10.1. The van der Waals surface area contributed by atoms with E-state index in [4.69, 9.17) is 4.74 Å². The van der Waals surface area contributed by atoms with Gasteiger partial charge in [-0.2, -0.15) is 0 Å². The number of fused-ring (bicyclic) bond motifs is 1. The Bertz CT molecular complexity index is 804. The fourth-order valence-corrected chi connectivity index (χ4v) is 3.88. The number of unbranched alkanes of at least 4 members (excludes halogenated alkanes) is 2. The van der Waals surface area contributed by atoms with E-state index in [0.29, 0.717) is 19.8 Å². The fraction of sp³-hybridized carbons (Fsp3) is 0.500. The highest BCUT2D eigenvalue weighted by molar-refractivity contribution is 7.17. The number of cyclic esters (lactones) is 2. The maximum atomic E-state index is 11.0. The summed E-state index contributed by atoms with van der Waals surface area (Å²) in [5.41, 5.74) is 1.29. The topological polar surface area (TPSA) is 85.3 Å². The van der Waals surface area contributed by atoms with Gasteiger partial charge in [0, 0.05) is 11.3 Å². The van der Waals surface area contributed by atoms with Gasteiger partial charge in [-0.25, -0.2) is 9.59 Å². The minimum Gasteiger partial charge on any atom is -0.388 e. The second-order valence-electron chi connectivity index (χ2n) is 6.95. The Hall–Kier alpha value is -2.00. The highest BCUT2D eigenvalue weighted by Gasteiger charge is 2.48. The minimum atomic E-state index is -2.17. The van der Waals surface area contributed by atoms with Crippen LogP contribution in [0, 0.1) is 0 Å². The maximum absolute atomic E-state index is 11.0. The van der Waals surface area contributed by atoms with E-state index in [2.05, 4.69) is 39.1 Å². The molecule has 1 saturated heterocycles. The molecule has 7 nitrogen and oxygen atoms in total. The van der Waals surface area contributed by atoms with Gasteiger partial charge in [0.2, 0.25) is 0 Å². The van der Waals surface area contributed by atoms with E-state index in [1.54, 1.807) is 23.3 Å². The van der Waals surface area contributed by atoms with Crippen molar-refractivity contribution in [3.8, 4) is 0 Å². The molecule has 8 heteroatoms. The Morgan fingerprint density at radius 2 is 1.89 bits per heavy atom. The van der Waals surface area contributed by atoms with Crippen LogP contribution in [-0.4, -0.2) is 61.3 Å². The van der Waals surface area contributed by atoms with Crippen molar-refractivity contribution in [3.63, 3.8) is 0 Å². The zero-order valence-corrected chi connectivity index (χ0v) is 16.7. The first kappa shape index (κ1) is 20.7. The van der Waals surface area contributed by atoms with Crippen LogP contribution < -0.4 is 0 Å². The molecule has 1 aromatic heterocycles. The van der Waals surface area contributed by atoms with Crippen LogP contribution >= 0.6 is 11.3 Å². The number of rotatable bonds is 11. The van der Waals surface area contributed by atoms with Crippen molar-refractivity contribution >= 4 is 33.4 Å². The van der Waals surface area contributed by atoms with Gasteiger partial charge in [0.1, 0.15) is 6.54 Å². The van der Waals surface area contributed by atoms with E-state index >= 15 is 0 Å². The number of likely N-dealkylation sites (N-methyl/N-ethyl adjacent to an activating group) is 1. The lowest BCUT2D eigenvalue weighted by Crippen LogP contribution is -2.43. The molecule has 0 bridgehead atoms. The summed E-state index contributed by atoms with van der Waals surface area (Å²) in [6.07, 6.45) is 3.73. The quantitative estimate of drug-likeness (QED) is 0.348. The number of carbonyl (C=O) groups excluding carboxylic acids is 2. The Labute approximate surface area is 167 Å². The largest absolute Gasteiger partial charge is 0.422 e. The molecule has 1 N–H and O–H groups in total. The van der Waals surface area contributed by atoms with Crippen molar-refractivity contribution in [1.82, 2.24) is 4.90 Å². The molecule has 2 heterocycles. The third-order valence-corrected chi connectivity index (χ3v) is 5.42. The molecule has 1 aliphatic heterocycles. The van der Waals surface area contributed by atoms with Crippen molar-refractivity contribution in [2.45, 2.75) is 31.7 Å². The summed E-state index contributed by atoms with van der Waals surface area (Å²) in [6, 6.07) is 8.68. The average molecular weight is 407 g/mol. The average Bonchev–Trinajstić information content (AvgIpc) is 3.20. The van der Waals surface area contributed by atoms with Crippen LogP contribution in [0.25, 0.3) is 10.1 Å². The number of nitrogens with zero attached hydrogens (tertiary/aromatic N) is 1. The summed E-state index contributed by atoms with van der Waals surface area (Å²) in [5.74, 6) is -4.50. The van der Waals surface area contributed by atoms with Gasteiger partial charge in [-0.3, -0.25) is 4.90 Å². The van der Waals surface area contributed by atoms with E-state index in [1.165, 1.54) is 15.6 Å². The van der Waals surface area contributed by atoms with Crippen LogP contribution in [0.15, 0.2) is 29.6 Å². The summed E-state index contributed by atoms with van der Waals surface area (Å²) in [4.78, 5) is 23.8. The van der Waals surface area contributed by atoms with Crippen LogP contribution in [0.1, 0.15) is 24.8 Å². The molecule has 1 fully saturated rings. The van der Waals surface area contributed by atoms with Gasteiger partial charge in [0.25, 0.3) is 0 Å². The number of carbonyl (C=O) groups is 2. The number of esters is 2. The molecule has 0 radical (unpaired) electrons. The van der Waals surface area contributed by atoms with Gasteiger partial charge in [-0.1, -0.05) is 12.1 Å². The lowest BCUT2D eigenvalue weighted by molar-refractivity contribution is -0.296. The lowest BCUT2D eigenvalue weighted by Gasteiger charge is -2.24. The molecule has 1 aromatic carbocycles. The number of hydrogen-bond donors (Lipinski definition) is 1. The Morgan fingerprint density at radius 3 is 2.68 bits per heavy atom. The third-order valence-electron chi connectivity index (χ3n) is 4.52. The van der Waals surface area contributed by atoms with E-state index < -0.39 is 17.9 Å². The Kier molecular flexibility index (Phi) is 7.01. The van der Waals surface area contributed by atoms with Gasteiger partial charge in [-0.15, -0.1) is 11.3 Å². The smallest absolute Gasteiger partial charge is 0.388 e. The van der Waals surface area contributed by atoms with Gasteiger partial charge in [0.05, 0.1) is 6.61 Å². The molecule has 0 aliphatic carbocycles. The minimum absolute atomic E-state index is 0.0740. The second kappa shape index (κ2) is 9.47. The summed E-state index contributed by atoms with van der Waals surface area (Å²) in [6.45, 7) is 2.02. The number of aliphatic hydroxyl groups is 1. The third kappa shape index (κ3) is 5.75. The maximum Gasteiger partial charge on any atom is 0.422 e. The Balaban J connectivity index is 1.22. The molecule has 28 heavy (non-hydrogen) atoms. The van der Waals surface area contributed by atoms with E-state index in [0.717, 1.165) is 25.7 Å². The number of ether oxygens (including phenoxy) is 3. The van der Waals surface area contributed by atoms with E-state index in [-0.39, 0.29) is 6.54 Å². The summed E-state index contributed by atoms with van der Waals surface area (Å²) >= 11 is 1.75.